The fourth-order valence-electron chi connectivity index (χ4n) is 1.60. The molecule has 2 N–H and O–H groups in total. The molecule has 21 heavy (non-hydrogen) atoms. The predicted molar refractivity (Wildman–Crippen MR) is 77.4 cm³/mol. The molecule has 0 aliphatic heterocycles. The van der Waals surface area contributed by atoms with Crippen molar-refractivity contribution in [3.05, 3.63) is 72.0 Å². The van der Waals surface area contributed by atoms with Crippen LogP contribution in [0.3, 0.4) is 0 Å². The number of hydrogen-bond acceptors (Lipinski definition) is 2. The first-order valence-electron chi connectivity index (χ1n) is 6.47. The van der Waals surface area contributed by atoms with Gasteiger partial charge in [0.1, 0.15) is 0 Å². The largest absolute Gasteiger partial charge is 0.416 e. The van der Waals surface area contributed by atoms with Gasteiger partial charge in [-0.1, -0.05) is 30.9 Å². The van der Waals surface area contributed by atoms with Crippen LogP contribution >= 0.6 is 0 Å². The Bertz CT molecular complexity index is 501. The molecule has 0 atom stereocenters. The summed E-state index contributed by atoms with van der Waals surface area (Å²) in [6.45, 7) is 4.07. The van der Waals surface area contributed by atoms with E-state index in [1.807, 2.05) is 0 Å². The molecule has 114 valence electrons. The van der Waals surface area contributed by atoms with Gasteiger partial charge in [0.25, 0.3) is 0 Å². The van der Waals surface area contributed by atoms with Crippen molar-refractivity contribution in [3.8, 4) is 0 Å². The molecular weight excluding hydrogens is 279 g/mol. The highest BCUT2D eigenvalue weighted by atomic mass is 19.4. The zero-order valence-corrected chi connectivity index (χ0v) is 11.5. The summed E-state index contributed by atoms with van der Waals surface area (Å²) in [5, 5.41) is 11.8. The minimum Gasteiger partial charge on any atom is -0.396 e. The lowest BCUT2D eigenvalue weighted by Crippen LogP contribution is -2.12. The van der Waals surface area contributed by atoms with Gasteiger partial charge in [0, 0.05) is 18.8 Å². The maximum Gasteiger partial charge on any atom is 0.416 e. The second kappa shape index (κ2) is 8.32. The first-order chi connectivity index (χ1) is 9.97. The third-order valence-electron chi connectivity index (χ3n) is 2.67. The molecule has 0 fully saturated rings. The molecule has 1 aromatic carbocycles. The summed E-state index contributed by atoms with van der Waals surface area (Å²) in [6, 6.07) is 5.02. The SMILES string of the molecule is C=C/C=C(\C=C/CCO)NCc1ccc(C(F)(F)F)cc1. The van der Waals surface area contributed by atoms with Gasteiger partial charge in [0.05, 0.1) is 5.56 Å². The van der Waals surface area contributed by atoms with Crippen LogP contribution in [0.15, 0.2) is 60.8 Å². The van der Waals surface area contributed by atoms with Crippen molar-refractivity contribution in [2.24, 2.45) is 0 Å². The monoisotopic (exact) mass is 297 g/mol. The van der Waals surface area contributed by atoms with Gasteiger partial charge in [-0.05, 0) is 36.3 Å². The molecule has 0 saturated carbocycles. The standard InChI is InChI=1S/C16H18F3NO/c1-2-5-15(6-3-4-11-21)20-12-13-7-9-14(10-8-13)16(17,18)19/h2-3,5-10,20-21H,1,4,11-12H2/b6-3-,15-5+. The molecule has 0 aliphatic rings. The van der Waals surface area contributed by atoms with Gasteiger partial charge < -0.3 is 10.4 Å². The lowest BCUT2D eigenvalue weighted by atomic mass is 10.1. The van der Waals surface area contributed by atoms with E-state index >= 15 is 0 Å². The molecule has 1 rings (SSSR count). The number of hydrogen-bond donors (Lipinski definition) is 2. The number of nitrogens with one attached hydrogen (secondary N) is 1. The molecule has 2 nitrogen and oxygen atoms in total. The molecule has 0 radical (unpaired) electrons. The number of allylic oxidation sites excluding steroid dienone is 3. The molecule has 0 saturated heterocycles. The number of alkyl halides is 3. The highest BCUT2D eigenvalue weighted by Gasteiger charge is 2.29. The van der Waals surface area contributed by atoms with Gasteiger partial charge in [-0.25, -0.2) is 0 Å². The van der Waals surface area contributed by atoms with Crippen LogP contribution in [0.25, 0.3) is 0 Å². The first kappa shape index (κ1) is 17.0. The topological polar surface area (TPSA) is 32.3 Å². The molecule has 0 heterocycles. The van der Waals surface area contributed by atoms with Crippen molar-refractivity contribution in [3.63, 3.8) is 0 Å². The predicted octanol–water partition coefficient (Wildman–Crippen LogP) is 3.80. The second-order valence-corrected chi connectivity index (χ2v) is 4.32. The highest BCUT2D eigenvalue weighted by molar-refractivity contribution is 5.26. The highest BCUT2D eigenvalue weighted by Crippen LogP contribution is 2.29. The lowest BCUT2D eigenvalue weighted by Gasteiger charge is -2.09. The summed E-state index contributed by atoms with van der Waals surface area (Å²) < 4.78 is 37.3. The van der Waals surface area contributed by atoms with Crippen molar-refractivity contribution in [1.82, 2.24) is 5.32 Å². The number of benzene rings is 1. The smallest absolute Gasteiger partial charge is 0.396 e. The van der Waals surface area contributed by atoms with Gasteiger partial charge in [-0.3, -0.25) is 0 Å². The maximum atomic E-state index is 12.4. The molecule has 0 unspecified atom stereocenters. The minimum atomic E-state index is -4.31. The number of aliphatic hydroxyl groups excluding tert-OH is 1. The van der Waals surface area contributed by atoms with Crippen LogP contribution in [0.1, 0.15) is 17.5 Å². The van der Waals surface area contributed by atoms with E-state index in [-0.39, 0.29) is 6.61 Å². The van der Waals surface area contributed by atoms with Crippen LogP contribution in [0.5, 0.6) is 0 Å². The van der Waals surface area contributed by atoms with Crippen LogP contribution < -0.4 is 5.32 Å². The first-order valence-corrected chi connectivity index (χ1v) is 6.47. The van der Waals surface area contributed by atoms with E-state index in [0.29, 0.717) is 13.0 Å². The Hall–Kier alpha value is -2.01. The number of rotatable bonds is 7. The van der Waals surface area contributed by atoms with E-state index in [1.165, 1.54) is 12.1 Å². The average Bonchev–Trinajstić information content (AvgIpc) is 2.44. The molecule has 0 amide bonds. The molecular formula is C16H18F3NO. The molecule has 0 bridgehead atoms. The molecule has 0 spiro atoms. The van der Waals surface area contributed by atoms with Gasteiger partial charge in [-0.2, -0.15) is 13.2 Å². The van der Waals surface area contributed by atoms with Crippen molar-refractivity contribution in [2.45, 2.75) is 19.1 Å². The summed E-state index contributed by atoms with van der Waals surface area (Å²) in [6.07, 6.45) is 3.18. The van der Waals surface area contributed by atoms with Gasteiger partial charge in [0.15, 0.2) is 0 Å². The Kier molecular flexibility index (Phi) is 6.75. The maximum absolute atomic E-state index is 12.4. The molecule has 1 aromatic rings. The van der Waals surface area contributed by atoms with Gasteiger partial charge in [0.2, 0.25) is 0 Å². The summed E-state index contributed by atoms with van der Waals surface area (Å²) in [5.41, 5.74) is 0.864. The second-order valence-electron chi connectivity index (χ2n) is 4.32. The zero-order valence-electron chi connectivity index (χ0n) is 11.5. The van der Waals surface area contributed by atoms with E-state index in [0.717, 1.165) is 23.4 Å². The third kappa shape index (κ3) is 6.31. The van der Waals surface area contributed by atoms with E-state index in [1.54, 1.807) is 24.3 Å². The normalized spacial score (nSPS) is 12.7. The van der Waals surface area contributed by atoms with Crippen molar-refractivity contribution < 1.29 is 18.3 Å². The van der Waals surface area contributed by atoms with Crippen LogP contribution in [-0.2, 0) is 12.7 Å². The van der Waals surface area contributed by atoms with Crippen LogP contribution in [-0.4, -0.2) is 11.7 Å². The van der Waals surface area contributed by atoms with Crippen LogP contribution in [0.2, 0.25) is 0 Å². The minimum absolute atomic E-state index is 0.0662. The Balaban J connectivity index is 2.64. The van der Waals surface area contributed by atoms with Gasteiger partial charge >= 0.3 is 6.18 Å². The number of halogens is 3. The van der Waals surface area contributed by atoms with Crippen molar-refractivity contribution in [1.29, 1.82) is 0 Å². The number of aliphatic hydroxyl groups is 1. The zero-order chi connectivity index (χ0) is 15.7. The molecule has 0 aliphatic carbocycles. The molecule has 0 aromatic heterocycles. The van der Waals surface area contributed by atoms with Crippen molar-refractivity contribution >= 4 is 0 Å². The average molecular weight is 297 g/mol. The Morgan fingerprint density at radius 1 is 1.24 bits per heavy atom. The molecule has 5 heteroatoms. The quantitative estimate of drug-likeness (QED) is 0.750. The summed E-state index contributed by atoms with van der Waals surface area (Å²) >= 11 is 0. The van der Waals surface area contributed by atoms with Gasteiger partial charge in [-0.15, -0.1) is 0 Å². The fraction of sp³-hybridized carbons (Fsp3) is 0.250. The summed E-state index contributed by atoms with van der Waals surface area (Å²) in [4.78, 5) is 0. The van der Waals surface area contributed by atoms with Crippen LogP contribution in [0.4, 0.5) is 13.2 Å². The van der Waals surface area contributed by atoms with E-state index < -0.39 is 11.7 Å². The van der Waals surface area contributed by atoms with E-state index in [2.05, 4.69) is 11.9 Å². The summed E-state index contributed by atoms with van der Waals surface area (Å²) in [5.74, 6) is 0. The summed E-state index contributed by atoms with van der Waals surface area (Å²) in [7, 11) is 0. The third-order valence-corrected chi connectivity index (χ3v) is 2.67. The van der Waals surface area contributed by atoms with E-state index in [9.17, 15) is 13.2 Å². The van der Waals surface area contributed by atoms with Crippen LogP contribution in [0, 0.1) is 0 Å². The Morgan fingerprint density at radius 3 is 2.43 bits per heavy atom. The lowest BCUT2D eigenvalue weighted by molar-refractivity contribution is -0.137. The van der Waals surface area contributed by atoms with Crippen molar-refractivity contribution in [2.75, 3.05) is 6.61 Å². The van der Waals surface area contributed by atoms with E-state index in [4.69, 9.17) is 5.11 Å². The Morgan fingerprint density at radius 2 is 1.90 bits per heavy atom. The fourth-order valence-corrected chi connectivity index (χ4v) is 1.60. The Labute approximate surface area is 122 Å².